The molecule has 8 rings (SSSR count). The van der Waals surface area contributed by atoms with Gasteiger partial charge in [-0.2, -0.15) is 0 Å². The first-order chi connectivity index (χ1) is 28.2. The van der Waals surface area contributed by atoms with E-state index in [2.05, 4.69) is 17.3 Å². The molecule has 4 aliphatic heterocycles. The van der Waals surface area contributed by atoms with Crippen molar-refractivity contribution >= 4 is 81.2 Å². The van der Waals surface area contributed by atoms with Crippen LogP contribution in [0.15, 0.2) is 94.9 Å². The lowest BCUT2D eigenvalue weighted by atomic mass is 9.95. The molecule has 4 aromatic carbocycles. The van der Waals surface area contributed by atoms with Crippen LogP contribution < -0.4 is 5.32 Å². The Labute approximate surface area is 364 Å². The SMILES string of the molecule is Cc1cc(C(=O)CN2C(=O)C(c3ccc(Cl)cc3)=NC23CCN(C)CC3)ccc1Cl.Cc1cc(C(=O)CN2C(=O)C(c3ccc(Cl)cc3)=NC23CCNCC3)ccc1Cl. The van der Waals surface area contributed by atoms with Crippen molar-refractivity contribution in [2.75, 3.05) is 46.3 Å². The molecule has 0 aromatic heterocycles. The number of aliphatic imine (C=N–C) groups is 2. The van der Waals surface area contributed by atoms with Crippen molar-refractivity contribution in [1.29, 1.82) is 0 Å². The zero-order valence-electron chi connectivity index (χ0n) is 33.0. The maximum atomic E-state index is 13.4. The number of carbonyl (C=O) groups excluding carboxylic acids is 4. The van der Waals surface area contributed by atoms with Gasteiger partial charge in [0.2, 0.25) is 0 Å². The molecule has 2 amide bonds. The van der Waals surface area contributed by atoms with E-state index in [1.54, 1.807) is 94.7 Å². The molecule has 0 bridgehead atoms. The van der Waals surface area contributed by atoms with Crippen molar-refractivity contribution in [2.45, 2.75) is 50.9 Å². The first-order valence-electron chi connectivity index (χ1n) is 19.5. The second-order valence-corrected chi connectivity index (χ2v) is 17.2. The van der Waals surface area contributed by atoms with Crippen molar-refractivity contribution in [2.24, 2.45) is 9.98 Å². The topological polar surface area (TPSA) is 115 Å². The summed E-state index contributed by atoms with van der Waals surface area (Å²) in [5.41, 5.74) is 3.62. The van der Waals surface area contributed by atoms with Gasteiger partial charge in [-0.1, -0.05) is 70.7 Å². The molecule has 0 radical (unpaired) electrons. The number of carbonyl (C=O) groups is 4. The van der Waals surface area contributed by atoms with E-state index in [9.17, 15) is 19.2 Å². The number of halogens is 4. The third-order valence-corrected chi connectivity index (χ3v) is 12.9. The highest BCUT2D eigenvalue weighted by molar-refractivity contribution is 6.48. The summed E-state index contributed by atoms with van der Waals surface area (Å²) in [6.07, 6.45) is 2.73. The number of amides is 2. The van der Waals surface area contributed by atoms with Gasteiger partial charge in [0.1, 0.15) is 22.7 Å². The van der Waals surface area contributed by atoms with Crippen molar-refractivity contribution in [3.8, 4) is 0 Å². The Hall–Kier alpha value is -4.42. The third-order valence-electron chi connectivity index (χ3n) is 11.5. The molecular weight excluding hydrogens is 830 g/mol. The second kappa shape index (κ2) is 17.7. The van der Waals surface area contributed by atoms with E-state index in [0.29, 0.717) is 68.3 Å². The van der Waals surface area contributed by atoms with Crippen LogP contribution in [0.1, 0.15) is 68.7 Å². The Balaban J connectivity index is 0.000000179. The number of nitrogens with one attached hydrogen (secondary N) is 1. The predicted octanol–water partition coefficient (Wildman–Crippen LogP) is 8.13. The first kappa shape index (κ1) is 42.7. The Morgan fingerprint density at radius 2 is 1.00 bits per heavy atom. The molecule has 4 aliphatic rings. The fraction of sp³-hybridized carbons (Fsp3) is 0.333. The summed E-state index contributed by atoms with van der Waals surface area (Å²) in [4.78, 5) is 68.1. The second-order valence-electron chi connectivity index (χ2n) is 15.5. The molecule has 2 saturated heterocycles. The van der Waals surface area contributed by atoms with Gasteiger partial charge in [-0.15, -0.1) is 0 Å². The number of piperidine rings is 2. The minimum atomic E-state index is -0.686. The standard InChI is InChI=1S/C23H23Cl2N3O2.C22H21Cl2N3O2/c1-15-13-17(5-8-19(15)25)20(29)14-28-22(30)21(16-3-6-18(24)7-4-16)26-23(28)9-11-27(2)12-10-23;1-14-12-16(4-7-18(14)24)19(28)13-27-21(29)20(15-2-5-17(23)6-3-15)26-22(27)8-10-25-11-9-22/h3-8,13H,9-12,14H2,1-2H3;2-7,12,25H,8-11,13H2,1H3. The van der Waals surface area contributed by atoms with Gasteiger partial charge in [0, 0.05) is 81.1 Å². The molecule has 1 N–H and O–H groups in total. The molecule has 10 nitrogen and oxygen atoms in total. The summed E-state index contributed by atoms with van der Waals surface area (Å²) in [6.45, 7) is 6.82. The molecule has 2 fully saturated rings. The van der Waals surface area contributed by atoms with E-state index in [-0.39, 0.29) is 36.5 Å². The molecule has 14 heteroatoms. The molecule has 0 unspecified atom stereocenters. The Bertz CT molecular complexity index is 2350. The van der Waals surface area contributed by atoms with Crippen LogP contribution in [-0.4, -0.2) is 107 Å². The molecular formula is C45H44Cl4N6O4. The van der Waals surface area contributed by atoms with E-state index in [1.165, 1.54) is 0 Å². The minimum Gasteiger partial charge on any atom is -0.316 e. The molecule has 0 atom stereocenters. The highest BCUT2D eigenvalue weighted by Gasteiger charge is 2.50. The van der Waals surface area contributed by atoms with Crippen molar-refractivity contribution in [3.63, 3.8) is 0 Å². The molecule has 4 aromatic rings. The number of hydrogen-bond donors (Lipinski definition) is 1. The fourth-order valence-electron chi connectivity index (χ4n) is 7.97. The highest BCUT2D eigenvalue weighted by Crippen LogP contribution is 2.37. The zero-order chi connectivity index (χ0) is 42.1. The fourth-order valence-corrected chi connectivity index (χ4v) is 8.46. The van der Waals surface area contributed by atoms with Crippen LogP contribution in [0.25, 0.3) is 0 Å². The van der Waals surface area contributed by atoms with Crippen LogP contribution in [0.3, 0.4) is 0 Å². The summed E-state index contributed by atoms with van der Waals surface area (Å²) in [6, 6.07) is 24.6. The van der Waals surface area contributed by atoms with Gasteiger partial charge in [0.15, 0.2) is 11.6 Å². The number of likely N-dealkylation sites (tertiary alicyclic amines) is 1. The lowest BCUT2D eigenvalue weighted by Crippen LogP contribution is -2.54. The summed E-state index contributed by atoms with van der Waals surface area (Å²) < 4.78 is 0. The first-order valence-corrected chi connectivity index (χ1v) is 21.0. The van der Waals surface area contributed by atoms with Crippen molar-refractivity contribution in [3.05, 3.63) is 138 Å². The average molecular weight is 875 g/mol. The summed E-state index contributed by atoms with van der Waals surface area (Å²) >= 11 is 24.2. The molecule has 2 spiro atoms. The van der Waals surface area contributed by atoms with Crippen LogP contribution in [-0.2, 0) is 9.59 Å². The maximum absolute atomic E-state index is 13.4. The minimum absolute atomic E-state index is 0.00971. The smallest absolute Gasteiger partial charge is 0.275 e. The van der Waals surface area contributed by atoms with Crippen LogP contribution in [0.2, 0.25) is 20.1 Å². The van der Waals surface area contributed by atoms with E-state index in [0.717, 1.165) is 48.4 Å². The van der Waals surface area contributed by atoms with Crippen LogP contribution in [0.4, 0.5) is 0 Å². The normalized spacial score (nSPS) is 18.5. The number of rotatable bonds is 8. The van der Waals surface area contributed by atoms with Gasteiger partial charge in [-0.05, 0) is 106 Å². The van der Waals surface area contributed by atoms with Crippen LogP contribution in [0, 0.1) is 13.8 Å². The Kier molecular flexibility index (Phi) is 12.8. The number of aryl methyl sites for hydroxylation is 2. The van der Waals surface area contributed by atoms with E-state index in [4.69, 9.17) is 56.4 Å². The monoisotopic (exact) mass is 872 g/mol. The molecule has 306 valence electrons. The quantitative estimate of drug-likeness (QED) is 0.179. The lowest BCUT2D eigenvalue weighted by molar-refractivity contribution is -0.129. The van der Waals surface area contributed by atoms with Gasteiger partial charge >= 0.3 is 0 Å². The van der Waals surface area contributed by atoms with Crippen molar-refractivity contribution < 1.29 is 19.2 Å². The summed E-state index contributed by atoms with van der Waals surface area (Å²) in [7, 11) is 2.05. The number of ketones is 2. The van der Waals surface area contributed by atoms with Gasteiger partial charge < -0.3 is 20.0 Å². The Morgan fingerprint density at radius 1 is 0.610 bits per heavy atom. The lowest BCUT2D eigenvalue weighted by Gasteiger charge is -2.41. The summed E-state index contributed by atoms with van der Waals surface area (Å²) in [5.74, 6) is -0.660. The van der Waals surface area contributed by atoms with Gasteiger partial charge in [0.05, 0.1) is 13.1 Å². The number of nitrogens with zero attached hydrogens (tertiary/aromatic N) is 5. The van der Waals surface area contributed by atoms with Crippen LogP contribution >= 0.6 is 46.4 Å². The average Bonchev–Trinajstić information content (AvgIpc) is 3.64. The molecule has 0 saturated carbocycles. The molecule has 4 heterocycles. The van der Waals surface area contributed by atoms with Gasteiger partial charge in [-0.3, -0.25) is 29.2 Å². The van der Waals surface area contributed by atoms with E-state index >= 15 is 0 Å². The van der Waals surface area contributed by atoms with Gasteiger partial charge in [0.25, 0.3) is 11.8 Å². The molecule has 59 heavy (non-hydrogen) atoms. The van der Waals surface area contributed by atoms with Crippen molar-refractivity contribution in [1.82, 2.24) is 20.0 Å². The highest BCUT2D eigenvalue weighted by atomic mass is 35.5. The zero-order valence-corrected chi connectivity index (χ0v) is 36.1. The third kappa shape index (κ3) is 9.04. The predicted molar refractivity (Wildman–Crippen MR) is 235 cm³/mol. The van der Waals surface area contributed by atoms with Gasteiger partial charge in [-0.25, -0.2) is 0 Å². The van der Waals surface area contributed by atoms with Crippen LogP contribution in [0.5, 0.6) is 0 Å². The number of Topliss-reactive ketones (excluding diaryl/α,β-unsaturated/α-hetero) is 2. The molecule has 0 aliphatic carbocycles. The maximum Gasteiger partial charge on any atom is 0.275 e. The van der Waals surface area contributed by atoms with E-state index < -0.39 is 11.3 Å². The Morgan fingerprint density at radius 3 is 1.39 bits per heavy atom. The number of benzene rings is 4. The largest absolute Gasteiger partial charge is 0.316 e. The number of hydrogen-bond acceptors (Lipinski definition) is 8. The summed E-state index contributed by atoms with van der Waals surface area (Å²) in [5, 5.41) is 5.74. The van der Waals surface area contributed by atoms with E-state index in [1.807, 2.05) is 13.8 Å².